The van der Waals surface area contributed by atoms with E-state index in [0.29, 0.717) is 22.5 Å². The Balaban J connectivity index is 2.16. The second kappa shape index (κ2) is 6.60. The molecule has 0 atom stereocenters. The minimum atomic E-state index is 0.178. The van der Waals surface area contributed by atoms with Crippen LogP contribution >= 0.6 is 0 Å². The minimum Gasteiger partial charge on any atom is -0.368 e. The first-order valence-electron chi connectivity index (χ1n) is 7.24. The molecular weight excluding hydrogens is 298 g/mol. The van der Waals surface area contributed by atoms with Crippen LogP contribution in [0.2, 0.25) is 0 Å². The highest BCUT2D eigenvalue weighted by Gasteiger charge is 2.11. The van der Waals surface area contributed by atoms with Crippen LogP contribution in [0.4, 0.5) is 5.95 Å². The number of rotatable bonds is 1. The summed E-state index contributed by atoms with van der Waals surface area (Å²) < 4.78 is 0. The Morgan fingerprint density at radius 3 is 2.62 bits per heavy atom. The van der Waals surface area contributed by atoms with Crippen molar-refractivity contribution in [2.45, 2.75) is 6.92 Å². The maximum absolute atomic E-state index is 9.10. The molecule has 0 saturated carbocycles. The molecule has 0 amide bonds. The molecule has 114 valence electrons. The Morgan fingerprint density at radius 1 is 1.04 bits per heavy atom. The van der Waals surface area contributed by atoms with Crippen LogP contribution < -0.4 is 5.73 Å². The van der Waals surface area contributed by atoms with E-state index in [1.165, 1.54) is 0 Å². The maximum atomic E-state index is 9.10. The monoisotopic (exact) mass is 311 g/mol. The Morgan fingerprint density at radius 2 is 1.88 bits per heavy atom. The van der Waals surface area contributed by atoms with Crippen molar-refractivity contribution in [1.82, 2.24) is 15.0 Å². The highest BCUT2D eigenvalue weighted by molar-refractivity contribution is 5.71. The summed E-state index contributed by atoms with van der Waals surface area (Å²) in [5.74, 6) is 6.35. The SMILES string of the molecule is Cc1nc(N)nc(-c2cccc(C#N)c2)c1C#Cc1cccnc1. The van der Waals surface area contributed by atoms with Gasteiger partial charge in [-0.05, 0) is 31.2 Å². The quantitative estimate of drug-likeness (QED) is 0.698. The molecule has 2 N–H and O–H groups in total. The average molecular weight is 311 g/mol. The highest BCUT2D eigenvalue weighted by atomic mass is 15.0. The Hall–Kier alpha value is -3.70. The number of nitrogens with zero attached hydrogens (tertiary/aromatic N) is 4. The zero-order valence-corrected chi connectivity index (χ0v) is 13.0. The number of nitriles is 1. The molecule has 24 heavy (non-hydrogen) atoms. The minimum absolute atomic E-state index is 0.178. The predicted molar refractivity (Wildman–Crippen MR) is 91.5 cm³/mol. The number of benzene rings is 1. The van der Waals surface area contributed by atoms with Crippen LogP contribution in [0.3, 0.4) is 0 Å². The summed E-state index contributed by atoms with van der Waals surface area (Å²) in [6.07, 6.45) is 3.39. The van der Waals surface area contributed by atoms with Crippen LogP contribution in [-0.2, 0) is 0 Å². The molecule has 0 fully saturated rings. The molecule has 3 aromatic rings. The summed E-state index contributed by atoms with van der Waals surface area (Å²) in [4.78, 5) is 12.6. The third-order valence-corrected chi connectivity index (χ3v) is 3.37. The second-order valence-corrected chi connectivity index (χ2v) is 5.08. The van der Waals surface area contributed by atoms with Crippen molar-refractivity contribution in [3.63, 3.8) is 0 Å². The smallest absolute Gasteiger partial charge is 0.220 e. The molecule has 1 aromatic carbocycles. The van der Waals surface area contributed by atoms with Crippen molar-refractivity contribution in [3.8, 4) is 29.2 Å². The molecule has 0 aliphatic rings. The van der Waals surface area contributed by atoms with Crippen molar-refractivity contribution >= 4 is 5.95 Å². The van der Waals surface area contributed by atoms with E-state index < -0.39 is 0 Å². The van der Waals surface area contributed by atoms with Gasteiger partial charge in [0.25, 0.3) is 0 Å². The summed E-state index contributed by atoms with van der Waals surface area (Å²) in [5, 5.41) is 9.10. The first-order chi connectivity index (χ1) is 11.7. The van der Waals surface area contributed by atoms with Crippen molar-refractivity contribution in [2.24, 2.45) is 0 Å². The molecule has 5 nitrogen and oxygen atoms in total. The molecule has 0 bridgehead atoms. The van der Waals surface area contributed by atoms with Gasteiger partial charge in [-0.1, -0.05) is 24.0 Å². The van der Waals surface area contributed by atoms with Gasteiger partial charge in [-0.15, -0.1) is 0 Å². The number of aryl methyl sites for hydroxylation is 1. The molecule has 0 saturated heterocycles. The molecule has 0 unspecified atom stereocenters. The number of pyridine rings is 1. The van der Waals surface area contributed by atoms with Crippen LogP contribution in [0, 0.1) is 30.1 Å². The number of hydrogen-bond donors (Lipinski definition) is 1. The van der Waals surface area contributed by atoms with Crippen LogP contribution in [-0.4, -0.2) is 15.0 Å². The summed E-state index contributed by atoms with van der Waals surface area (Å²) in [7, 11) is 0. The normalized spacial score (nSPS) is 9.67. The van der Waals surface area contributed by atoms with Crippen molar-refractivity contribution in [2.75, 3.05) is 5.73 Å². The van der Waals surface area contributed by atoms with E-state index in [4.69, 9.17) is 11.0 Å². The van der Waals surface area contributed by atoms with Gasteiger partial charge in [0, 0.05) is 23.5 Å². The average Bonchev–Trinajstić information content (AvgIpc) is 2.61. The van der Waals surface area contributed by atoms with Crippen molar-refractivity contribution < 1.29 is 0 Å². The number of hydrogen-bond acceptors (Lipinski definition) is 5. The van der Waals surface area contributed by atoms with E-state index >= 15 is 0 Å². The molecule has 0 spiro atoms. The molecule has 0 aliphatic carbocycles. The summed E-state index contributed by atoms with van der Waals surface area (Å²) >= 11 is 0. The highest BCUT2D eigenvalue weighted by Crippen LogP contribution is 2.24. The molecule has 0 aliphatic heterocycles. The van der Waals surface area contributed by atoms with Crippen molar-refractivity contribution in [1.29, 1.82) is 5.26 Å². The lowest BCUT2D eigenvalue weighted by Crippen LogP contribution is -2.03. The van der Waals surface area contributed by atoms with Crippen LogP contribution in [0.5, 0.6) is 0 Å². The third-order valence-electron chi connectivity index (χ3n) is 3.37. The fourth-order valence-corrected chi connectivity index (χ4v) is 2.26. The van der Waals surface area contributed by atoms with E-state index in [-0.39, 0.29) is 5.95 Å². The first-order valence-corrected chi connectivity index (χ1v) is 7.24. The van der Waals surface area contributed by atoms with E-state index in [9.17, 15) is 0 Å². The topological polar surface area (TPSA) is 88.5 Å². The van der Waals surface area contributed by atoms with E-state index in [1.54, 1.807) is 30.6 Å². The first kappa shape index (κ1) is 15.2. The summed E-state index contributed by atoms with van der Waals surface area (Å²) in [6, 6.07) is 13.0. The van der Waals surface area contributed by atoms with Crippen molar-refractivity contribution in [3.05, 3.63) is 71.2 Å². The molecule has 2 aromatic heterocycles. The zero-order chi connectivity index (χ0) is 16.9. The zero-order valence-electron chi connectivity index (χ0n) is 13.0. The third kappa shape index (κ3) is 3.21. The number of nitrogens with two attached hydrogens (primary N) is 1. The van der Waals surface area contributed by atoms with E-state index in [2.05, 4.69) is 32.9 Å². The number of nitrogen functional groups attached to an aromatic ring is 1. The molecular formula is C19H13N5. The van der Waals surface area contributed by atoms with Crippen LogP contribution in [0.1, 0.15) is 22.4 Å². The molecule has 3 rings (SSSR count). The molecule has 0 radical (unpaired) electrons. The second-order valence-electron chi connectivity index (χ2n) is 5.08. The fourth-order valence-electron chi connectivity index (χ4n) is 2.26. The Bertz CT molecular complexity index is 992. The standard InChI is InChI=1S/C19H13N5/c1-13-17(8-7-14-5-3-9-22-12-14)18(24-19(21)23-13)16-6-2-4-15(10-16)11-20/h2-6,9-10,12H,1H3,(H2,21,23,24). The fraction of sp³-hybridized carbons (Fsp3) is 0.0526. The van der Waals surface area contributed by atoms with Gasteiger partial charge in [0.2, 0.25) is 5.95 Å². The lowest BCUT2D eigenvalue weighted by molar-refractivity contribution is 1.11. The lowest BCUT2D eigenvalue weighted by atomic mass is 10.0. The van der Waals surface area contributed by atoms with Crippen LogP contribution in [0.25, 0.3) is 11.3 Å². The number of anilines is 1. The van der Waals surface area contributed by atoms with E-state index in [0.717, 1.165) is 11.1 Å². The van der Waals surface area contributed by atoms with E-state index in [1.807, 2.05) is 25.1 Å². The molecule has 2 heterocycles. The van der Waals surface area contributed by atoms with Gasteiger partial charge in [0.05, 0.1) is 28.6 Å². The maximum Gasteiger partial charge on any atom is 0.220 e. The summed E-state index contributed by atoms with van der Waals surface area (Å²) in [6.45, 7) is 1.84. The van der Waals surface area contributed by atoms with Gasteiger partial charge >= 0.3 is 0 Å². The van der Waals surface area contributed by atoms with Gasteiger partial charge < -0.3 is 5.73 Å². The Kier molecular flexibility index (Phi) is 4.18. The van der Waals surface area contributed by atoms with Gasteiger partial charge in [0.1, 0.15) is 0 Å². The van der Waals surface area contributed by atoms with Gasteiger partial charge in [-0.2, -0.15) is 5.26 Å². The Labute approximate surface area is 139 Å². The predicted octanol–water partition coefficient (Wildman–Crippen LogP) is 2.70. The van der Waals surface area contributed by atoms with Gasteiger partial charge in [-0.3, -0.25) is 4.98 Å². The number of aromatic nitrogens is 3. The molecule has 5 heteroatoms. The van der Waals surface area contributed by atoms with Crippen LogP contribution in [0.15, 0.2) is 48.8 Å². The lowest BCUT2D eigenvalue weighted by Gasteiger charge is -2.08. The van der Waals surface area contributed by atoms with Gasteiger partial charge in [-0.25, -0.2) is 9.97 Å². The summed E-state index contributed by atoms with van der Waals surface area (Å²) in [5.41, 5.74) is 9.92. The van der Waals surface area contributed by atoms with Gasteiger partial charge in [0.15, 0.2) is 0 Å². The largest absolute Gasteiger partial charge is 0.368 e.